The molecule has 0 bridgehead atoms. The number of likely N-dealkylation sites (N-methyl/N-ethyl adjacent to an activating group) is 1. The van der Waals surface area contributed by atoms with Crippen LogP contribution in [-0.2, 0) is 6.61 Å². The molecule has 1 aliphatic rings. The number of ether oxygens (including phenoxy) is 2. The summed E-state index contributed by atoms with van der Waals surface area (Å²) in [7, 11) is 5.61. The van der Waals surface area contributed by atoms with Gasteiger partial charge in [0.25, 0.3) is 5.91 Å². The summed E-state index contributed by atoms with van der Waals surface area (Å²) >= 11 is 6.14. The molecule has 2 aromatic rings. The Morgan fingerprint density at radius 2 is 2.23 bits per heavy atom. The van der Waals surface area contributed by atoms with Gasteiger partial charge in [-0.25, -0.2) is 0 Å². The molecule has 3 rings (SSSR count). The first-order valence-corrected chi connectivity index (χ1v) is 8.73. The lowest BCUT2D eigenvalue weighted by atomic mass is 10.2. The molecule has 1 amide bonds. The number of carbonyl (C=O) groups is 1. The second kappa shape index (κ2) is 7.97. The van der Waals surface area contributed by atoms with Crippen molar-refractivity contribution in [3.63, 3.8) is 0 Å². The Balaban J connectivity index is 1.59. The molecule has 26 heavy (non-hydrogen) atoms. The minimum absolute atomic E-state index is 0.119. The average Bonchev–Trinajstić information content (AvgIpc) is 3.29. The molecule has 1 atom stereocenters. The number of carbonyl (C=O) groups excluding carboxylic acids is 1. The second-order valence-corrected chi connectivity index (χ2v) is 6.83. The van der Waals surface area contributed by atoms with Crippen molar-refractivity contribution in [1.82, 2.24) is 15.0 Å². The predicted molar refractivity (Wildman–Crippen MR) is 96.8 cm³/mol. The molecule has 0 radical (unpaired) electrons. The molecule has 0 spiro atoms. The van der Waals surface area contributed by atoms with Gasteiger partial charge < -0.3 is 23.8 Å². The Kier molecular flexibility index (Phi) is 5.68. The molecule has 0 aliphatic carbocycles. The fourth-order valence-corrected chi connectivity index (χ4v) is 3.09. The van der Waals surface area contributed by atoms with Gasteiger partial charge in [0, 0.05) is 31.3 Å². The number of hydrogen-bond acceptors (Lipinski definition) is 6. The third-order valence-corrected chi connectivity index (χ3v) is 4.76. The van der Waals surface area contributed by atoms with Crippen molar-refractivity contribution in [3.8, 4) is 11.5 Å². The molecule has 0 N–H and O–H groups in total. The maximum atomic E-state index is 12.5. The molecule has 0 saturated carbocycles. The van der Waals surface area contributed by atoms with Crippen LogP contribution in [0, 0.1) is 0 Å². The van der Waals surface area contributed by atoms with Crippen LogP contribution in [0.25, 0.3) is 0 Å². The molecule has 2 heterocycles. The van der Waals surface area contributed by atoms with Gasteiger partial charge in [-0.15, -0.1) is 0 Å². The van der Waals surface area contributed by atoms with Crippen LogP contribution >= 0.6 is 11.6 Å². The van der Waals surface area contributed by atoms with E-state index in [4.69, 9.17) is 25.6 Å². The van der Waals surface area contributed by atoms with E-state index in [9.17, 15) is 4.79 Å². The monoisotopic (exact) mass is 379 g/mol. The lowest BCUT2D eigenvalue weighted by Crippen LogP contribution is -2.34. The van der Waals surface area contributed by atoms with E-state index >= 15 is 0 Å². The number of benzene rings is 1. The van der Waals surface area contributed by atoms with Crippen molar-refractivity contribution in [1.29, 1.82) is 0 Å². The van der Waals surface area contributed by atoms with E-state index in [0.717, 1.165) is 13.0 Å². The summed E-state index contributed by atoms with van der Waals surface area (Å²) in [6.45, 7) is 1.56. The van der Waals surface area contributed by atoms with Crippen molar-refractivity contribution < 1.29 is 18.8 Å². The maximum absolute atomic E-state index is 12.5. The molecule has 1 aliphatic heterocycles. The van der Waals surface area contributed by atoms with E-state index in [-0.39, 0.29) is 12.5 Å². The van der Waals surface area contributed by atoms with Crippen LogP contribution in [-0.4, -0.2) is 61.2 Å². The van der Waals surface area contributed by atoms with E-state index in [1.807, 2.05) is 14.1 Å². The van der Waals surface area contributed by atoms with Crippen LogP contribution < -0.4 is 9.47 Å². The van der Waals surface area contributed by atoms with Crippen LogP contribution in [0.3, 0.4) is 0 Å². The van der Waals surface area contributed by atoms with Gasteiger partial charge >= 0.3 is 0 Å². The standard InChI is InChI=1S/C18H22ClN3O4/c1-21(2)12-6-7-22(10-12)18(23)16-9-14(26-20-16)11-25-17-5-4-13(24-3)8-15(17)19/h4-5,8-9,12H,6-7,10-11H2,1-3H3/t12-/m0/s1. The predicted octanol–water partition coefficient (Wildman–Crippen LogP) is 2.69. The number of rotatable bonds is 6. The SMILES string of the molecule is COc1ccc(OCc2cc(C(=O)N3CC[C@H](N(C)C)C3)no2)c(Cl)c1. The minimum Gasteiger partial charge on any atom is -0.497 e. The fourth-order valence-electron chi connectivity index (χ4n) is 2.87. The van der Waals surface area contributed by atoms with Crippen molar-refractivity contribution in [3.05, 3.63) is 40.7 Å². The molecule has 140 valence electrons. The second-order valence-electron chi connectivity index (χ2n) is 6.42. The summed E-state index contributed by atoms with van der Waals surface area (Å²) in [5.41, 5.74) is 0.295. The third kappa shape index (κ3) is 4.11. The number of amides is 1. The van der Waals surface area contributed by atoms with Gasteiger partial charge in [0.2, 0.25) is 0 Å². The molecular formula is C18H22ClN3O4. The molecule has 8 heteroatoms. The molecular weight excluding hydrogens is 358 g/mol. The summed E-state index contributed by atoms with van der Waals surface area (Å²) in [5, 5.41) is 4.32. The van der Waals surface area contributed by atoms with E-state index in [0.29, 0.717) is 40.6 Å². The first-order valence-electron chi connectivity index (χ1n) is 8.35. The molecule has 1 aromatic carbocycles. The van der Waals surface area contributed by atoms with Gasteiger partial charge in [-0.3, -0.25) is 4.79 Å². The molecule has 1 saturated heterocycles. The Hall–Kier alpha value is -2.25. The normalized spacial score (nSPS) is 17.0. The quantitative estimate of drug-likeness (QED) is 0.768. The molecule has 0 unspecified atom stereocenters. The average molecular weight is 380 g/mol. The largest absolute Gasteiger partial charge is 0.497 e. The Morgan fingerprint density at radius 3 is 2.88 bits per heavy atom. The van der Waals surface area contributed by atoms with Crippen LogP contribution in [0.4, 0.5) is 0 Å². The number of likely N-dealkylation sites (tertiary alicyclic amines) is 1. The maximum Gasteiger partial charge on any atom is 0.276 e. The van der Waals surface area contributed by atoms with Crippen LogP contribution in [0.1, 0.15) is 22.7 Å². The zero-order valence-electron chi connectivity index (χ0n) is 15.1. The first kappa shape index (κ1) is 18.5. The van der Waals surface area contributed by atoms with Crippen LogP contribution in [0.2, 0.25) is 5.02 Å². The van der Waals surface area contributed by atoms with Crippen molar-refractivity contribution >= 4 is 17.5 Å². The van der Waals surface area contributed by atoms with Gasteiger partial charge in [0.15, 0.2) is 11.5 Å². The number of nitrogens with zero attached hydrogens (tertiary/aromatic N) is 3. The van der Waals surface area contributed by atoms with E-state index in [1.165, 1.54) is 0 Å². The van der Waals surface area contributed by atoms with E-state index < -0.39 is 0 Å². The third-order valence-electron chi connectivity index (χ3n) is 4.47. The summed E-state index contributed by atoms with van der Waals surface area (Å²) < 4.78 is 16.0. The summed E-state index contributed by atoms with van der Waals surface area (Å²) in [4.78, 5) is 16.5. The molecule has 1 fully saturated rings. The lowest BCUT2D eigenvalue weighted by molar-refractivity contribution is 0.0772. The highest BCUT2D eigenvalue weighted by Gasteiger charge is 2.29. The van der Waals surface area contributed by atoms with Crippen LogP contribution in [0.5, 0.6) is 11.5 Å². The highest BCUT2D eigenvalue weighted by molar-refractivity contribution is 6.32. The van der Waals surface area contributed by atoms with E-state index in [2.05, 4.69) is 10.1 Å². The van der Waals surface area contributed by atoms with Crippen molar-refractivity contribution in [2.24, 2.45) is 0 Å². The van der Waals surface area contributed by atoms with Gasteiger partial charge in [0.1, 0.15) is 18.1 Å². The van der Waals surface area contributed by atoms with Gasteiger partial charge in [-0.05, 0) is 32.6 Å². The Bertz CT molecular complexity index is 778. The van der Waals surface area contributed by atoms with Gasteiger partial charge in [-0.2, -0.15) is 0 Å². The topological polar surface area (TPSA) is 68.0 Å². The summed E-state index contributed by atoms with van der Waals surface area (Å²) in [6, 6.07) is 7.13. The minimum atomic E-state index is -0.119. The smallest absolute Gasteiger partial charge is 0.276 e. The molecule has 1 aromatic heterocycles. The van der Waals surface area contributed by atoms with Crippen LogP contribution in [0.15, 0.2) is 28.8 Å². The fraction of sp³-hybridized carbons (Fsp3) is 0.444. The molecule has 7 nitrogen and oxygen atoms in total. The Labute approximate surface area is 157 Å². The van der Waals surface area contributed by atoms with Crippen molar-refractivity contribution in [2.75, 3.05) is 34.3 Å². The Morgan fingerprint density at radius 1 is 1.42 bits per heavy atom. The highest BCUT2D eigenvalue weighted by atomic mass is 35.5. The van der Waals surface area contributed by atoms with Gasteiger partial charge in [0.05, 0.1) is 12.1 Å². The lowest BCUT2D eigenvalue weighted by Gasteiger charge is -2.19. The zero-order valence-corrected chi connectivity index (χ0v) is 15.8. The highest BCUT2D eigenvalue weighted by Crippen LogP contribution is 2.29. The summed E-state index contributed by atoms with van der Waals surface area (Å²) in [5.74, 6) is 1.50. The number of hydrogen-bond donors (Lipinski definition) is 0. The number of aromatic nitrogens is 1. The van der Waals surface area contributed by atoms with E-state index in [1.54, 1.807) is 36.3 Å². The summed E-state index contributed by atoms with van der Waals surface area (Å²) in [6.07, 6.45) is 0.961. The number of methoxy groups -OCH3 is 1. The first-order chi connectivity index (χ1) is 12.5. The van der Waals surface area contributed by atoms with Gasteiger partial charge in [-0.1, -0.05) is 16.8 Å². The number of halogens is 1. The van der Waals surface area contributed by atoms with Crippen molar-refractivity contribution in [2.45, 2.75) is 19.1 Å². The zero-order chi connectivity index (χ0) is 18.7.